The molecule has 4 rings (SSSR count). The molecule has 2 atom stereocenters. The van der Waals surface area contributed by atoms with E-state index in [0.29, 0.717) is 17.5 Å². The molecule has 2 aliphatic carbocycles. The second-order valence-corrected chi connectivity index (χ2v) is 8.31. The number of carbonyl (C=O) groups is 2. The standard InChI is InChI=1S/C21H29N3O2/c1-14-11-19(14)20(25)23-18-4-2-3-16(12-18)21(26)24-9-7-17(8-10-24)22-13-15-5-6-15/h2-4,12,14-15,17,19,22H,5-11,13H2,1H3,(H,23,25). The van der Waals surface area contributed by atoms with Crippen LogP contribution in [-0.4, -0.2) is 42.4 Å². The van der Waals surface area contributed by atoms with Crippen LogP contribution in [0.15, 0.2) is 24.3 Å². The molecule has 3 fully saturated rings. The number of nitrogens with one attached hydrogen (secondary N) is 2. The lowest BCUT2D eigenvalue weighted by molar-refractivity contribution is -0.117. The Labute approximate surface area is 155 Å². The van der Waals surface area contributed by atoms with Crippen molar-refractivity contribution in [2.24, 2.45) is 17.8 Å². The third-order valence-corrected chi connectivity index (χ3v) is 6.00. The first-order chi connectivity index (χ1) is 12.6. The van der Waals surface area contributed by atoms with Crippen LogP contribution in [0.3, 0.4) is 0 Å². The summed E-state index contributed by atoms with van der Waals surface area (Å²) in [6, 6.07) is 7.91. The number of hydrogen-bond donors (Lipinski definition) is 2. The molecule has 1 saturated heterocycles. The van der Waals surface area contributed by atoms with Gasteiger partial charge in [-0.05, 0) is 68.7 Å². The number of likely N-dealkylation sites (tertiary alicyclic amines) is 1. The summed E-state index contributed by atoms with van der Waals surface area (Å²) in [6.07, 6.45) is 5.75. The summed E-state index contributed by atoms with van der Waals surface area (Å²) in [7, 11) is 0. The molecule has 3 aliphatic rings. The van der Waals surface area contributed by atoms with E-state index >= 15 is 0 Å². The maximum Gasteiger partial charge on any atom is 0.253 e. The summed E-state index contributed by atoms with van der Waals surface area (Å²) < 4.78 is 0. The van der Waals surface area contributed by atoms with Crippen LogP contribution in [0.2, 0.25) is 0 Å². The van der Waals surface area contributed by atoms with E-state index in [9.17, 15) is 9.59 Å². The first kappa shape index (κ1) is 17.5. The lowest BCUT2D eigenvalue weighted by atomic mass is 10.0. The quantitative estimate of drug-likeness (QED) is 0.825. The highest BCUT2D eigenvalue weighted by atomic mass is 16.2. The molecule has 1 aromatic rings. The van der Waals surface area contributed by atoms with Gasteiger partial charge in [0.25, 0.3) is 5.91 Å². The first-order valence-electron chi connectivity index (χ1n) is 10.0. The zero-order chi connectivity index (χ0) is 18.1. The van der Waals surface area contributed by atoms with Crippen molar-refractivity contribution < 1.29 is 9.59 Å². The molecular weight excluding hydrogens is 326 g/mol. The third kappa shape index (κ3) is 4.26. The molecule has 140 valence electrons. The smallest absolute Gasteiger partial charge is 0.253 e. The Hall–Kier alpha value is -1.88. The summed E-state index contributed by atoms with van der Waals surface area (Å²) in [6.45, 7) is 4.84. The van der Waals surface area contributed by atoms with Crippen molar-refractivity contribution in [1.29, 1.82) is 0 Å². The fourth-order valence-electron chi connectivity index (χ4n) is 3.78. The minimum Gasteiger partial charge on any atom is -0.339 e. The van der Waals surface area contributed by atoms with Gasteiger partial charge in [-0.3, -0.25) is 9.59 Å². The Morgan fingerprint density at radius 2 is 1.88 bits per heavy atom. The van der Waals surface area contributed by atoms with Crippen molar-refractivity contribution in [3.63, 3.8) is 0 Å². The van der Waals surface area contributed by atoms with Crippen LogP contribution in [0.5, 0.6) is 0 Å². The van der Waals surface area contributed by atoms with E-state index in [1.165, 1.54) is 12.8 Å². The predicted molar refractivity (Wildman–Crippen MR) is 102 cm³/mol. The largest absolute Gasteiger partial charge is 0.339 e. The van der Waals surface area contributed by atoms with Gasteiger partial charge in [0.1, 0.15) is 0 Å². The van der Waals surface area contributed by atoms with Gasteiger partial charge in [0.05, 0.1) is 0 Å². The number of anilines is 1. The molecule has 5 nitrogen and oxygen atoms in total. The van der Waals surface area contributed by atoms with E-state index in [2.05, 4.69) is 17.6 Å². The van der Waals surface area contributed by atoms with E-state index in [4.69, 9.17) is 0 Å². The van der Waals surface area contributed by atoms with Crippen LogP contribution < -0.4 is 10.6 Å². The molecule has 1 aromatic carbocycles. The number of carbonyl (C=O) groups excluding carboxylic acids is 2. The maximum absolute atomic E-state index is 12.8. The number of rotatable bonds is 6. The molecule has 2 amide bonds. The summed E-state index contributed by atoms with van der Waals surface area (Å²) in [5, 5.41) is 6.60. The summed E-state index contributed by atoms with van der Waals surface area (Å²) in [5.74, 6) is 1.66. The average Bonchev–Trinajstić information content (AvgIpc) is 3.57. The fraction of sp³-hybridized carbons (Fsp3) is 0.619. The van der Waals surface area contributed by atoms with Gasteiger partial charge in [-0.25, -0.2) is 0 Å². The zero-order valence-electron chi connectivity index (χ0n) is 15.5. The van der Waals surface area contributed by atoms with Gasteiger partial charge < -0.3 is 15.5 Å². The molecule has 0 spiro atoms. The number of piperidine rings is 1. The first-order valence-corrected chi connectivity index (χ1v) is 10.0. The van der Waals surface area contributed by atoms with Crippen molar-refractivity contribution in [1.82, 2.24) is 10.2 Å². The molecule has 0 aromatic heterocycles. The van der Waals surface area contributed by atoms with Crippen LogP contribution in [-0.2, 0) is 4.79 Å². The topological polar surface area (TPSA) is 61.4 Å². The normalized spacial score (nSPS) is 25.8. The maximum atomic E-state index is 12.8. The lowest BCUT2D eigenvalue weighted by Gasteiger charge is -2.32. The van der Waals surface area contributed by atoms with E-state index in [0.717, 1.165) is 50.5 Å². The monoisotopic (exact) mass is 355 g/mol. The van der Waals surface area contributed by atoms with Crippen LogP contribution in [0.4, 0.5) is 5.69 Å². The second-order valence-electron chi connectivity index (χ2n) is 8.31. The van der Waals surface area contributed by atoms with Crippen molar-refractivity contribution in [2.45, 2.75) is 45.1 Å². The van der Waals surface area contributed by atoms with Crippen molar-refractivity contribution >= 4 is 17.5 Å². The SMILES string of the molecule is CC1CC1C(=O)Nc1cccc(C(=O)N2CCC(NCC3CC3)CC2)c1. The Balaban J connectivity index is 1.30. The van der Waals surface area contributed by atoms with Gasteiger partial charge >= 0.3 is 0 Å². The molecule has 2 unspecified atom stereocenters. The second kappa shape index (κ2) is 7.39. The number of benzene rings is 1. The molecule has 26 heavy (non-hydrogen) atoms. The molecule has 2 saturated carbocycles. The van der Waals surface area contributed by atoms with Crippen LogP contribution in [0.1, 0.15) is 49.4 Å². The molecule has 1 heterocycles. The van der Waals surface area contributed by atoms with E-state index in [1.54, 1.807) is 0 Å². The van der Waals surface area contributed by atoms with Gasteiger partial charge in [0.2, 0.25) is 5.91 Å². The minimum atomic E-state index is 0.0709. The van der Waals surface area contributed by atoms with Crippen LogP contribution in [0, 0.1) is 17.8 Å². The predicted octanol–water partition coefficient (Wildman–Crippen LogP) is 2.89. The van der Waals surface area contributed by atoms with Gasteiger partial charge in [0, 0.05) is 36.3 Å². The van der Waals surface area contributed by atoms with E-state index in [1.807, 2.05) is 29.2 Å². The summed E-state index contributed by atoms with van der Waals surface area (Å²) >= 11 is 0. The average molecular weight is 355 g/mol. The van der Waals surface area contributed by atoms with Crippen molar-refractivity contribution in [3.05, 3.63) is 29.8 Å². The van der Waals surface area contributed by atoms with Crippen LogP contribution >= 0.6 is 0 Å². The number of hydrogen-bond acceptors (Lipinski definition) is 3. The molecule has 0 bridgehead atoms. The highest BCUT2D eigenvalue weighted by Crippen LogP contribution is 2.38. The van der Waals surface area contributed by atoms with E-state index < -0.39 is 0 Å². The fourth-order valence-corrected chi connectivity index (χ4v) is 3.78. The zero-order valence-corrected chi connectivity index (χ0v) is 15.5. The molecule has 2 N–H and O–H groups in total. The molecular formula is C21H29N3O2. The van der Waals surface area contributed by atoms with Gasteiger partial charge in [-0.1, -0.05) is 13.0 Å². The highest BCUT2D eigenvalue weighted by Gasteiger charge is 2.39. The van der Waals surface area contributed by atoms with Crippen LogP contribution in [0.25, 0.3) is 0 Å². The summed E-state index contributed by atoms with van der Waals surface area (Å²) in [4.78, 5) is 26.9. The van der Waals surface area contributed by atoms with Crippen molar-refractivity contribution in [2.75, 3.05) is 25.0 Å². The Morgan fingerprint density at radius 1 is 1.15 bits per heavy atom. The van der Waals surface area contributed by atoms with Gasteiger partial charge in [-0.2, -0.15) is 0 Å². The molecule has 1 aliphatic heterocycles. The Bertz CT molecular complexity index is 678. The molecule has 5 heteroatoms. The minimum absolute atomic E-state index is 0.0709. The number of nitrogens with zero attached hydrogens (tertiary/aromatic N) is 1. The van der Waals surface area contributed by atoms with E-state index in [-0.39, 0.29) is 17.7 Å². The van der Waals surface area contributed by atoms with Crippen molar-refractivity contribution in [3.8, 4) is 0 Å². The number of amides is 2. The molecule has 0 radical (unpaired) electrons. The van der Waals surface area contributed by atoms with Gasteiger partial charge in [-0.15, -0.1) is 0 Å². The lowest BCUT2D eigenvalue weighted by Crippen LogP contribution is -2.45. The Morgan fingerprint density at radius 3 is 2.54 bits per heavy atom. The highest BCUT2D eigenvalue weighted by molar-refractivity contribution is 5.98. The third-order valence-electron chi connectivity index (χ3n) is 6.00. The Kier molecular flexibility index (Phi) is 4.98. The van der Waals surface area contributed by atoms with Gasteiger partial charge in [0.15, 0.2) is 0 Å². The summed E-state index contributed by atoms with van der Waals surface area (Å²) in [5.41, 5.74) is 1.39.